The molecule has 0 bridgehead atoms. The van der Waals surface area contributed by atoms with Gasteiger partial charge in [-0.15, -0.1) is 0 Å². The molecule has 1 N–H and O–H groups in total. The van der Waals surface area contributed by atoms with Crippen molar-refractivity contribution in [1.29, 1.82) is 0 Å². The largest absolute Gasteiger partial charge is 0.315 e. The number of imidazole rings is 1. The van der Waals surface area contributed by atoms with Gasteiger partial charge in [-0.05, 0) is 51.0 Å². The number of hydrogen-bond donors (Lipinski definition) is 1. The molecule has 0 aliphatic carbocycles. The molecule has 2 atom stereocenters. The molecule has 0 spiro atoms. The van der Waals surface area contributed by atoms with Crippen LogP contribution in [0.25, 0.3) is 11.2 Å². The van der Waals surface area contributed by atoms with E-state index in [2.05, 4.69) is 32.8 Å². The normalized spacial score (nSPS) is 26.9. The molecule has 2 aliphatic rings. The van der Waals surface area contributed by atoms with Crippen molar-refractivity contribution in [3.8, 4) is 0 Å². The van der Waals surface area contributed by atoms with Crippen molar-refractivity contribution in [2.75, 3.05) is 26.2 Å². The van der Waals surface area contributed by atoms with Crippen molar-refractivity contribution in [2.24, 2.45) is 0 Å². The second kappa shape index (κ2) is 5.39. The first-order valence-corrected chi connectivity index (χ1v) is 8.16. The van der Waals surface area contributed by atoms with Gasteiger partial charge < -0.3 is 9.88 Å². The average Bonchev–Trinajstić information content (AvgIpc) is 3.24. The fourth-order valence-electron chi connectivity index (χ4n) is 3.90. The van der Waals surface area contributed by atoms with Crippen LogP contribution in [-0.2, 0) is 0 Å². The van der Waals surface area contributed by atoms with Gasteiger partial charge in [-0.25, -0.2) is 9.97 Å². The molecule has 2 fully saturated rings. The zero-order valence-electron chi connectivity index (χ0n) is 12.6. The zero-order chi connectivity index (χ0) is 14.2. The minimum absolute atomic E-state index is 0.463. The van der Waals surface area contributed by atoms with Crippen LogP contribution in [0.5, 0.6) is 0 Å². The second-order valence-electron chi connectivity index (χ2n) is 6.12. The molecule has 21 heavy (non-hydrogen) atoms. The van der Waals surface area contributed by atoms with Crippen LogP contribution in [0.4, 0.5) is 0 Å². The topological polar surface area (TPSA) is 46.0 Å². The number of nitrogens with one attached hydrogen (secondary N) is 1. The Balaban J connectivity index is 1.85. The van der Waals surface area contributed by atoms with Crippen molar-refractivity contribution in [3.63, 3.8) is 0 Å². The first kappa shape index (κ1) is 13.2. The molecule has 2 aromatic heterocycles. The van der Waals surface area contributed by atoms with E-state index in [9.17, 15) is 0 Å². The summed E-state index contributed by atoms with van der Waals surface area (Å²) >= 11 is 0. The van der Waals surface area contributed by atoms with E-state index in [4.69, 9.17) is 4.98 Å². The van der Waals surface area contributed by atoms with E-state index in [0.717, 1.165) is 30.8 Å². The number of likely N-dealkylation sites (tertiary alicyclic amines) is 1. The molecule has 5 nitrogen and oxygen atoms in total. The lowest BCUT2D eigenvalue weighted by Gasteiger charge is -2.25. The van der Waals surface area contributed by atoms with Crippen LogP contribution < -0.4 is 5.32 Å². The number of rotatable bonds is 3. The van der Waals surface area contributed by atoms with E-state index < -0.39 is 0 Å². The number of fused-ring (bicyclic) bond motifs is 1. The Morgan fingerprint density at radius 2 is 2.33 bits per heavy atom. The van der Waals surface area contributed by atoms with E-state index in [1.807, 2.05) is 12.3 Å². The smallest absolute Gasteiger partial charge is 0.160 e. The summed E-state index contributed by atoms with van der Waals surface area (Å²) in [6.45, 7) is 6.68. The van der Waals surface area contributed by atoms with E-state index >= 15 is 0 Å². The van der Waals surface area contributed by atoms with Crippen LogP contribution in [0.15, 0.2) is 18.3 Å². The van der Waals surface area contributed by atoms with Gasteiger partial charge in [0.1, 0.15) is 11.3 Å². The van der Waals surface area contributed by atoms with Gasteiger partial charge in [0.05, 0.1) is 12.1 Å². The van der Waals surface area contributed by atoms with Crippen molar-refractivity contribution < 1.29 is 0 Å². The SMILES string of the molecule is CCN1CCCC1c1nc2cccnc2n1C1CCNC1. The van der Waals surface area contributed by atoms with Gasteiger partial charge in [0.2, 0.25) is 0 Å². The van der Waals surface area contributed by atoms with Crippen molar-refractivity contribution in [3.05, 3.63) is 24.2 Å². The summed E-state index contributed by atoms with van der Waals surface area (Å²) < 4.78 is 2.42. The number of hydrogen-bond acceptors (Lipinski definition) is 4. The van der Waals surface area contributed by atoms with E-state index in [-0.39, 0.29) is 0 Å². The molecule has 5 heteroatoms. The first-order valence-electron chi connectivity index (χ1n) is 8.16. The molecule has 4 rings (SSSR count). The van der Waals surface area contributed by atoms with Crippen molar-refractivity contribution >= 4 is 11.2 Å². The van der Waals surface area contributed by atoms with Crippen molar-refractivity contribution in [1.82, 2.24) is 24.8 Å². The molecule has 0 radical (unpaired) electrons. The fraction of sp³-hybridized carbons (Fsp3) is 0.625. The van der Waals surface area contributed by atoms with E-state index in [1.165, 1.54) is 31.6 Å². The van der Waals surface area contributed by atoms with Crippen molar-refractivity contribution in [2.45, 2.75) is 38.3 Å². The van der Waals surface area contributed by atoms with E-state index in [0.29, 0.717) is 12.1 Å². The average molecular weight is 285 g/mol. The lowest BCUT2D eigenvalue weighted by Crippen LogP contribution is -2.27. The highest BCUT2D eigenvalue weighted by molar-refractivity contribution is 5.71. The highest BCUT2D eigenvalue weighted by Crippen LogP contribution is 2.35. The third-order valence-electron chi connectivity index (χ3n) is 4.94. The van der Waals surface area contributed by atoms with Gasteiger partial charge >= 0.3 is 0 Å². The summed E-state index contributed by atoms with van der Waals surface area (Å²) in [5.74, 6) is 1.23. The molecule has 2 saturated heterocycles. The van der Waals surface area contributed by atoms with Crippen LogP contribution in [0.2, 0.25) is 0 Å². The number of aromatic nitrogens is 3. The molecule has 0 saturated carbocycles. The summed E-state index contributed by atoms with van der Waals surface area (Å²) in [4.78, 5) is 12.1. The highest BCUT2D eigenvalue weighted by atomic mass is 15.3. The van der Waals surface area contributed by atoms with Gasteiger partial charge in [-0.2, -0.15) is 0 Å². The fourth-order valence-corrected chi connectivity index (χ4v) is 3.90. The Hall–Kier alpha value is -1.46. The quantitative estimate of drug-likeness (QED) is 0.938. The monoisotopic (exact) mass is 285 g/mol. The minimum atomic E-state index is 0.463. The predicted molar refractivity (Wildman–Crippen MR) is 83.3 cm³/mol. The summed E-state index contributed by atoms with van der Waals surface area (Å²) in [5.41, 5.74) is 2.10. The number of nitrogens with zero attached hydrogens (tertiary/aromatic N) is 4. The minimum Gasteiger partial charge on any atom is -0.315 e. The predicted octanol–water partition coefficient (Wildman–Crippen LogP) is 2.12. The molecule has 2 aliphatic heterocycles. The lowest BCUT2D eigenvalue weighted by atomic mass is 10.2. The maximum Gasteiger partial charge on any atom is 0.160 e. The Morgan fingerprint density at radius 1 is 1.38 bits per heavy atom. The summed E-state index contributed by atoms with van der Waals surface area (Å²) in [7, 11) is 0. The Morgan fingerprint density at radius 3 is 3.14 bits per heavy atom. The third-order valence-corrected chi connectivity index (χ3v) is 4.94. The molecule has 2 aromatic rings. The Labute approximate surface area is 125 Å². The Kier molecular flexibility index (Phi) is 3.39. The standard InChI is InChI=1S/C16H23N5/c1-2-20-10-4-6-14(20)16-19-13-5-3-8-18-15(13)21(16)12-7-9-17-11-12/h3,5,8,12,14,17H,2,4,6-7,9-11H2,1H3. The molecular weight excluding hydrogens is 262 g/mol. The van der Waals surface area contributed by atoms with E-state index in [1.54, 1.807) is 0 Å². The molecule has 0 amide bonds. The third kappa shape index (κ3) is 2.15. The van der Waals surface area contributed by atoms with Gasteiger partial charge in [0.15, 0.2) is 5.65 Å². The first-order chi connectivity index (χ1) is 10.4. The second-order valence-corrected chi connectivity index (χ2v) is 6.12. The molecular formula is C16H23N5. The highest BCUT2D eigenvalue weighted by Gasteiger charge is 2.32. The maximum atomic E-state index is 4.97. The summed E-state index contributed by atoms with van der Waals surface area (Å²) in [6, 6.07) is 5.04. The number of pyridine rings is 1. The van der Waals surface area contributed by atoms with Crippen LogP contribution in [0.3, 0.4) is 0 Å². The summed E-state index contributed by atoms with van der Waals surface area (Å²) in [5, 5.41) is 3.48. The molecule has 112 valence electrons. The van der Waals surface area contributed by atoms with Crippen LogP contribution in [0, 0.1) is 0 Å². The molecule has 4 heterocycles. The molecule has 2 unspecified atom stereocenters. The van der Waals surface area contributed by atoms with Crippen LogP contribution in [-0.4, -0.2) is 45.6 Å². The van der Waals surface area contributed by atoms with Crippen LogP contribution in [0.1, 0.15) is 44.1 Å². The van der Waals surface area contributed by atoms with Crippen LogP contribution >= 0.6 is 0 Å². The lowest BCUT2D eigenvalue weighted by molar-refractivity contribution is 0.254. The maximum absolute atomic E-state index is 4.97. The van der Waals surface area contributed by atoms with Gasteiger partial charge in [0.25, 0.3) is 0 Å². The molecule has 0 aromatic carbocycles. The zero-order valence-corrected chi connectivity index (χ0v) is 12.6. The summed E-state index contributed by atoms with van der Waals surface area (Å²) in [6.07, 6.45) is 5.56. The Bertz CT molecular complexity index is 629. The van der Waals surface area contributed by atoms with Gasteiger partial charge in [-0.1, -0.05) is 6.92 Å². The van der Waals surface area contributed by atoms with Gasteiger partial charge in [0, 0.05) is 12.7 Å². The van der Waals surface area contributed by atoms with Gasteiger partial charge in [-0.3, -0.25) is 4.90 Å².